The number of nitrogens with zero attached hydrogens (tertiary/aromatic N) is 6. The summed E-state index contributed by atoms with van der Waals surface area (Å²) in [5, 5.41) is 14.1. The van der Waals surface area contributed by atoms with E-state index in [0.717, 1.165) is 34.2 Å². The van der Waals surface area contributed by atoms with E-state index in [1.165, 1.54) is 0 Å². The van der Waals surface area contributed by atoms with Gasteiger partial charge in [0.1, 0.15) is 0 Å². The fourth-order valence-electron chi connectivity index (χ4n) is 3.26. The van der Waals surface area contributed by atoms with Crippen molar-refractivity contribution in [1.29, 1.82) is 0 Å². The zero-order valence-electron chi connectivity index (χ0n) is 18.3. The molecule has 0 N–H and O–H groups in total. The third-order valence-electron chi connectivity index (χ3n) is 4.20. The first-order valence-corrected chi connectivity index (χ1v) is 11.1. The van der Waals surface area contributed by atoms with E-state index in [-0.39, 0.29) is 0 Å². The quantitative estimate of drug-likeness (QED) is 0.309. The summed E-state index contributed by atoms with van der Waals surface area (Å²) in [6, 6.07) is 6.28. The Labute approximate surface area is 193 Å². The van der Waals surface area contributed by atoms with E-state index in [9.17, 15) is 0 Å². The van der Waals surface area contributed by atoms with E-state index in [0.29, 0.717) is 0 Å². The molecule has 158 valence electrons. The van der Waals surface area contributed by atoms with Crippen molar-refractivity contribution >= 4 is 18.9 Å². The molecule has 3 aromatic heterocycles. The number of rotatable bonds is 3. The molecule has 3 aromatic rings. The van der Waals surface area contributed by atoms with Crippen molar-refractivity contribution in [2.45, 2.75) is 41.5 Å². The molecule has 0 bridgehead atoms. The summed E-state index contributed by atoms with van der Waals surface area (Å²) < 4.78 is 24.0. The molecule has 0 radical (unpaired) electrons. The molecule has 0 unspecified atom stereocenters. The van der Waals surface area contributed by atoms with Crippen LogP contribution >= 0.6 is 11.8 Å². The summed E-state index contributed by atoms with van der Waals surface area (Å²) in [4.78, 5) is 0. The molecule has 3 heterocycles. The van der Waals surface area contributed by atoms with Gasteiger partial charge in [-0.05, 0) is 76.8 Å². The number of hydrogen-bond acceptors (Lipinski definition) is 4. The topological polar surface area (TPSA) is 93.3 Å². The minimum atomic E-state index is -1.26. The Kier molecular flexibility index (Phi) is 13.1. The summed E-state index contributed by atoms with van der Waals surface area (Å²) in [6.45, 7) is 21.3. The molecular weight excluding hydrogens is 483 g/mol. The van der Waals surface area contributed by atoms with E-state index >= 15 is 0 Å². The third kappa shape index (κ3) is 7.35. The first-order chi connectivity index (χ1) is 14.3. The van der Waals surface area contributed by atoms with Gasteiger partial charge in [-0.25, -0.2) is 15.3 Å². The van der Waals surface area contributed by atoms with Crippen molar-refractivity contribution < 1.29 is 28.5 Å². The van der Waals surface area contributed by atoms with Crippen LogP contribution in [0.1, 0.15) is 34.2 Å². The Morgan fingerprint density at radius 2 is 1.00 bits per heavy atom. The van der Waals surface area contributed by atoms with Crippen LogP contribution in [0.25, 0.3) is 0 Å². The molecule has 0 aliphatic rings. The summed E-state index contributed by atoms with van der Waals surface area (Å²) in [5.41, 5.74) is 6.40. The van der Waals surface area contributed by atoms with Crippen LogP contribution in [-0.4, -0.2) is 42.4 Å². The van der Waals surface area contributed by atoms with Gasteiger partial charge in [-0.1, -0.05) is 0 Å². The van der Waals surface area contributed by atoms with Crippen LogP contribution in [0.4, 0.5) is 0 Å². The van der Waals surface area contributed by atoms with E-state index in [1.807, 2.05) is 46.2 Å². The normalized spacial score (nSPS) is 9.30. The van der Waals surface area contributed by atoms with Crippen LogP contribution in [-0.2, 0) is 28.5 Å². The Morgan fingerprint density at radius 3 is 1.13 bits per heavy atom. The van der Waals surface area contributed by atoms with Gasteiger partial charge in [-0.2, -0.15) is 0 Å². The minimum absolute atomic E-state index is 1.01. The first-order valence-electron chi connectivity index (χ1n) is 8.85. The van der Waals surface area contributed by atoms with Gasteiger partial charge in [-0.15, -0.1) is 0 Å². The Bertz CT molecular complexity index is 915. The maximum atomic E-state index is 7.50. The molecule has 0 saturated carbocycles. The van der Waals surface area contributed by atoms with Crippen LogP contribution < -0.4 is 0 Å². The zero-order chi connectivity index (χ0) is 23.4. The number of aryl methyl sites for hydroxylation is 6. The van der Waals surface area contributed by atoms with E-state index in [1.54, 1.807) is 11.8 Å². The van der Waals surface area contributed by atoms with Gasteiger partial charge in [0.25, 0.3) is 0 Å². The standard InChI is InChI=1S/C15H22BN6.C2H3S.2CO.Mo/c1-10-7-13(4)20(17-10)16(21-14(5)8-11(2)18-21)22-15(6)9-12(3)19-22;1-3-2;2*1-2;/h7-9,16H,1-6H3;1H3;;;/q-1;;;;+1. The molecule has 8 nitrogen and oxygen atoms in total. The number of hydrogen-bond donors (Lipinski definition) is 0. The SMILES string of the molecule is CS[C]#[Mo+].Cc1cc(C)n([BH-](n2nc(C)cc2C)n2nc(C)cc2C)n1.[C-]#[O+].[C-]#[O+]. The van der Waals surface area contributed by atoms with Gasteiger partial charge in [0.05, 0.1) is 17.1 Å². The molecule has 0 aliphatic heterocycles. The predicted octanol–water partition coefficient (Wildman–Crippen LogP) is 2.53. The second kappa shape index (κ2) is 14.1. The van der Waals surface area contributed by atoms with Gasteiger partial charge in [-0.3, -0.25) is 0 Å². The van der Waals surface area contributed by atoms with Crippen LogP contribution in [0, 0.1) is 58.4 Å². The molecule has 0 atom stereocenters. The van der Waals surface area contributed by atoms with Crippen LogP contribution in [0.2, 0.25) is 0 Å². The average Bonchev–Trinajstić information content (AvgIpc) is 3.36. The molecule has 0 fully saturated rings. The molecule has 0 aromatic carbocycles. The Hall–Kier alpha value is -2.01. The maximum absolute atomic E-state index is 7.50. The molecule has 0 aliphatic carbocycles. The van der Waals surface area contributed by atoms with E-state index < -0.39 is 7.12 Å². The molecule has 11 heteroatoms. The zero-order valence-corrected chi connectivity index (χ0v) is 21.1. The van der Waals surface area contributed by atoms with Gasteiger partial charge in [0.15, 0.2) is 0 Å². The van der Waals surface area contributed by atoms with Crippen molar-refractivity contribution in [3.63, 3.8) is 0 Å². The Balaban J connectivity index is 0.000000924. The summed E-state index contributed by atoms with van der Waals surface area (Å²) in [5.74, 6) is 0. The van der Waals surface area contributed by atoms with E-state index in [4.69, 9.17) is 24.6 Å². The van der Waals surface area contributed by atoms with Gasteiger partial charge >= 0.3 is 70.4 Å². The fourth-order valence-corrected chi connectivity index (χ4v) is 3.26. The van der Waals surface area contributed by atoms with E-state index in [2.05, 4.69) is 69.6 Å². The van der Waals surface area contributed by atoms with Crippen molar-refractivity contribution in [3.05, 3.63) is 65.7 Å². The van der Waals surface area contributed by atoms with Gasteiger partial charge in [0, 0.05) is 0 Å². The first kappa shape index (κ1) is 28.0. The second-order valence-corrected chi connectivity index (χ2v) is 8.30. The van der Waals surface area contributed by atoms with Crippen molar-refractivity contribution in [2.24, 2.45) is 0 Å². The molecular formula is C19H25BMoN6O2S. The summed E-state index contributed by atoms with van der Waals surface area (Å²) >= 11 is 3.45. The molecule has 30 heavy (non-hydrogen) atoms. The van der Waals surface area contributed by atoms with Gasteiger partial charge in [0.2, 0.25) is 0 Å². The molecule has 0 amide bonds. The average molecular weight is 508 g/mol. The molecule has 3 rings (SSSR count). The van der Waals surface area contributed by atoms with Crippen molar-refractivity contribution in [3.8, 4) is 3.53 Å². The van der Waals surface area contributed by atoms with Crippen LogP contribution in [0.15, 0.2) is 18.2 Å². The van der Waals surface area contributed by atoms with Crippen LogP contribution in [0.5, 0.6) is 0 Å². The molecule has 0 saturated heterocycles. The second-order valence-electron chi connectivity index (χ2n) is 6.49. The van der Waals surface area contributed by atoms with Crippen LogP contribution in [0.3, 0.4) is 0 Å². The van der Waals surface area contributed by atoms with Crippen molar-refractivity contribution in [1.82, 2.24) is 29.1 Å². The Morgan fingerprint density at radius 1 is 0.767 bits per heavy atom. The predicted molar refractivity (Wildman–Crippen MR) is 114 cm³/mol. The number of thioether (sulfide) groups is 1. The fraction of sp³-hybridized carbons (Fsp3) is 0.368. The molecule has 0 spiro atoms. The number of aromatic nitrogens is 6. The third-order valence-corrected chi connectivity index (χ3v) is 5.59. The summed E-state index contributed by atoms with van der Waals surface area (Å²) in [7, 11) is -1.26. The van der Waals surface area contributed by atoms with Crippen molar-refractivity contribution in [2.75, 3.05) is 6.26 Å². The monoisotopic (exact) mass is 510 g/mol. The summed E-state index contributed by atoms with van der Waals surface area (Å²) in [6.07, 6.45) is 1.99. The van der Waals surface area contributed by atoms with Gasteiger partial charge < -0.3 is 13.8 Å².